The zero-order valence-electron chi connectivity index (χ0n) is 8.19. The molecule has 0 radical (unpaired) electrons. The summed E-state index contributed by atoms with van der Waals surface area (Å²) in [7, 11) is 0. The molecule has 0 fully saturated rings. The second-order valence-electron chi connectivity index (χ2n) is 2.66. The molecule has 2 aliphatic heterocycles. The molecule has 0 spiro atoms. The van der Waals surface area contributed by atoms with E-state index in [-0.39, 0.29) is 0 Å². The largest absolute Gasteiger partial charge is 0.147 e. The van der Waals surface area contributed by atoms with Crippen LogP contribution in [0.4, 0.5) is 0 Å². The van der Waals surface area contributed by atoms with Gasteiger partial charge in [-0.2, -0.15) is 0 Å². The van der Waals surface area contributed by atoms with E-state index in [0.29, 0.717) is 0 Å². The zero-order valence-corrected chi connectivity index (χ0v) is 11.5. The van der Waals surface area contributed by atoms with Crippen molar-refractivity contribution in [3.05, 3.63) is 24.3 Å². The first-order valence-corrected chi connectivity index (χ1v) is 9.23. The highest BCUT2D eigenvalue weighted by molar-refractivity contribution is 8.16. The van der Waals surface area contributed by atoms with Crippen molar-refractivity contribution in [3.8, 4) is 0 Å². The second-order valence-corrected chi connectivity index (χ2v) is 7.51. The van der Waals surface area contributed by atoms with Gasteiger partial charge in [-0.15, -0.1) is 47.0 Å². The van der Waals surface area contributed by atoms with E-state index in [4.69, 9.17) is 0 Å². The molecule has 0 N–H and O–H groups in total. The van der Waals surface area contributed by atoms with Crippen molar-refractivity contribution in [1.29, 1.82) is 0 Å². The first-order valence-electron chi connectivity index (χ1n) is 4.61. The Kier molecular flexibility index (Phi) is 9.62. The van der Waals surface area contributed by atoms with Gasteiger partial charge in [0.05, 0.1) is 0 Å². The maximum atomic E-state index is 2.24. The van der Waals surface area contributed by atoms with Crippen molar-refractivity contribution in [2.24, 2.45) is 0 Å². The Bertz CT molecular complexity index is 141. The van der Waals surface area contributed by atoms with Crippen LogP contribution in [-0.2, 0) is 0 Å². The molecule has 0 aromatic heterocycles. The van der Waals surface area contributed by atoms with Gasteiger partial charge in [0.1, 0.15) is 0 Å². The fourth-order valence-electron chi connectivity index (χ4n) is 0.855. The average molecular weight is 265 g/mol. The predicted octanol–water partition coefficient (Wildman–Crippen LogP) is 3.96. The SMILES string of the molecule is C1=CCSCSC1.C1=CCSCSC1. The van der Waals surface area contributed by atoms with E-state index in [1.54, 1.807) is 0 Å². The third-order valence-corrected chi connectivity index (χ3v) is 5.90. The number of rotatable bonds is 0. The Balaban J connectivity index is 0.000000140. The van der Waals surface area contributed by atoms with Gasteiger partial charge in [-0.05, 0) is 0 Å². The fourth-order valence-corrected chi connectivity index (χ4v) is 4.43. The van der Waals surface area contributed by atoms with Crippen LogP contribution in [0, 0.1) is 0 Å². The number of hydrogen-bond donors (Lipinski definition) is 0. The van der Waals surface area contributed by atoms with Gasteiger partial charge in [0, 0.05) is 33.2 Å². The van der Waals surface area contributed by atoms with Crippen LogP contribution in [0.5, 0.6) is 0 Å². The molecule has 0 aromatic carbocycles. The lowest BCUT2D eigenvalue weighted by Gasteiger charge is -1.87. The quantitative estimate of drug-likeness (QED) is 0.607. The van der Waals surface area contributed by atoms with Crippen LogP contribution in [0.2, 0.25) is 0 Å². The van der Waals surface area contributed by atoms with Crippen molar-refractivity contribution >= 4 is 47.0 Å². The van der Waals surface area contributed by atoms with Crippen LogP contribution >= 0.6 is 47.0 Å². The van der Waals surface area contributed by atoms with E-state index >= 15 is 0 Å². The minimum atomic E-state index is 1.22. The summed E-state index contributed by atoms with van der Waals surface area (Å²) in [6.07, 6.45) is 8.96. The molecule has 0 amide bonds. The first kappa shape index (κ1) is 12.9. The minimum Gasteiger partial charge on any atom is -0.147 e. The highest BCUT2D eigenvalue weighted by Crippen LogP contribution is 2.15. The average Bonchev–Trinajstić information content (AvgIpc) is 2.68. The molecule has 2 heterocycles. The van der Waals surface area contributed by atoms with Crippen LogP contribution in [0.25, 0.3) is 0 Å². The lowest BCUT2D eigenvalue weighted by molar-refractivity contribution is 1.69. The molecular weight excluding hydrogens is 248 g/mol. The van der Waals surface area contributed by atoms with Gasteiger partial charge in [0.15, 0.2) is 0 Å². The molecule has 14 heavy (non-hydrogen) atoms. The monoisotopic (exact) mass is 264 g/mol. The highest BCUT2D eigenvalue weighted by atomic mass is 32.2. The maximum absolute atomic E-state index is 2.24. The normalized spacial score (nSPS) is 21.7. The topological polar surface area (TPSA) is 0 Å². The van der Waals surface area contributed by atoms with Gasteiger partial charge in [-0.25, -0.2) is 0 Å². The summed E-state index contributed by atoms with van der Waals surface area (Å²) in [6.45, 7) is 0. The molecule has 0 bridgehead atoms. The number of thioether (sulfide) groups is 4. The molecule has 2 rings (SSSR count). The Morgan fingerprint density at radius 3 is 1.07 bits per heavy atom. The van der Waals surface area contributed by atoms with Gasteiger partial charge in [-0.1, -0.05) is 24.3 Å². The lowest BCUT2D eigenvalue weighted by atomic mass is 10.6. The fraction of sp³-hybridized carbons (Fsp3) is 0.600. The van der Waals surface area contributed by atoms with Crippen LogP contribution < -0.4 is 0 Å². The predicted molar refractivity (Wildman–Crippen MR) is 77.8 cm³/mol. The van der Waals surface area contributed by atoms with Gasteiger partial charge in [0.2, 0.25) is 0 Å². The van der Waals surface area contributed by atoms with Gasteiger partial charge >= 0.3 is 0 Å². The zero-order chi connectivity index (χ0) is 9.90. The van der Waals surface area contributed by atoms with Gasteiger partial charge in [-0.3, -0.25) is 0 Å². The molecule has 0 atom stereocenters. The van der Waals surface area contributed by atoms with E-state index in [2.05, 4.69) is 24.3 Å². The summed E-state index contributed by atoms with van der Waals surface area (Å²) in [5.41, 5.74) is 0. The summed E-state index contributed by atoms with van der Waals surface area (Å²) in [5.74, 6) is 4.86. The summed E-state index contributed by atoms with van der Waals surface area (Å²) in [4.78, 5) is 0. The Morgan fingerprint density at radius 1 is 0.500 bits per heavy atom. The summed E-state index contributed by atoms with van der Waals surface area (Å²) < 4.78 is 0. The molecule has 0 unspecified atom stereocenters. The summed E-state index contributed by atoms with van der Waals surface area (Å²) >= 11 is 7.97. The van der Waals surface area contributed by atoms with Crippen LogP contribution in [0.15, 0.2) is 24.3 Å². The van der Waals surface area contributed by atoms with Crippen molar-refractivity contribution in [2.45, 2.75) is 0 Å². The van der Waals surface area contributed by atoms with E-state index in [9.17, 15) is 0 Å². The van der Waals surface area contributed by atoms with Gasteiger partial charge < -0.3 is 0 Å². The molecule has 80 valence electrons. The Hall–Kier alpha value is 0.880. The molecule has 0 aliphatic carbocycles. The molecular formula is C10H16S4. The standard InChI is InChI=1S/2C5H8S2/c2*1-2-4-7-5-6-3-1/h2*1-2H,3-5H2. The molecule has 4 heteroatoms. The van der Waals surface area contributed by atoms with E-state index in [1.165, 1.54) is 33.2 Å². The van der Waals surface area contributed by atoms with E-state index in [0.717, 1.165) is 0 Å². The highest BCUT2D eigenvalue weighted by Gasteiger charge is 1.89. The smallest absolute Gasteiger partial charge is 0.0398 e. The lowest BCUT2D eigenvalue weighted by Crippen LogP contribution is -1.66. The van der Waals surface area contributed by atoms with Crippen molar-refractivity contribution in [1.82, 2.24) is 0 Å². The molecule has 0 saturated carbocycles. The van der Waals surface area contributed by atoms with Gasteiger partial charge in [0.25, 0.3) is 0 Å². The third kappa shape index (κ3) is 8.21. The Morgan fingerprint density at radius 2 is 0.786 bits per heavy atom. The van der Waals surface area contributed by atoms with Crippen LogP contribution in [0.1, 0.15) is 0 Å². The molecule has 0 saturated heterocycles. The molecule has 0 aromatic rings. The van der Waals surface area contributed by atoms with Crippen LogP contribution in [0.3, 0.4) is 0 Å². The Labute approximate surface area is 104 Å². The van der Waals surface area contributed by atoms with E-state index < -0.39 is 0 Å². The first-order chi connectivity index (χ1) is 7.00. The summed E-state index contributed by atoms with van der Waals surface area (Å²) in [5, 5.41) is 2.54. The maximum Gasteiger partial charge on any atom is 0.0398 e. The molecule has 2 aliphatic rings. The molecule has 0 nitrogen and oxygen atoms in total. The number of hydrogen-bond acceptors (Lipinski definition) is 4. The van der Waals surface area contributed by atoms with Crippen molar-refractivity contribution in [2.75, 3.05) is 33.2 Å². The van der Waals surface area contributed by atoms with Crippen molar-refractivity contribution < 1.29 is 0 Å². The summed E-state index contributed by atoms with van der Waals surface area (Å²) in [6, 6.07) is 0. The third-order valence-electron chi connectivity index (χ3n) is 1.52. The second kappa shape index (κ2) is 10.4. The minimum absolute atomic E-state index is 1.22. The van der Waals surface area contributed by atoms with Crippen molar-refractivity contribution in [3.63, 3.8) is 0 Å². The van der Waals surface area contributed by atoms with E-state index in [1.807, 2.05) is 47.0 Å². The van der Waals surface area contributed by atoms with Crippen LogP contribution in [-0.4, -0.2) is 33.2 Å².